The molecular formula is C10H16N2S2. The third-order valence-corrected chi connectivity index (χ3v) is 4.77. The largest absolute Gasteiger partial charge is 0.312 e. The highest BCUT2D eigenvalue weighted by Gasteiger charge is 2.22. The summed E-state index contributed by atoms with van der Waals surface area (Å²) in [7, 11) is 0. The zero-order chi connectivity index (χ0) is 9.80. The molecule has 2 unspecified atom stereocenters. The van der Waals surface area contributed by atoms with E-state index < -0.39 is 0 Å². The lowest BCUT2D eigenvalue weighted by Gasteiger charge is -2.15. The standard InChI is InChI=1S/C10H16N2S2/c1-8-9(3-6-13-8)11-4-2-10-12-5-7-14-10/h5,7-9,11H,2-4,6H2,1H3. The van der Waals surface area contributed by atoms with Crippen molar-refractivity contribution in [1.29, 1.82) is 0 Å². The van der Waals surface area contributed by atoms with Crippen LogP contribution in [0.15, 0.2) is 11.6 Å². The van der Waals surface area contributed by atoms with Crippen molar-refractivity contribution in [2.24, 2.45) is 0 Å². The number of thioether (sulfide) groups is 1. The molecule has 2 heterocycles. The summed E-state index contributed by atoms with van der Waals surface area (Å²) in [6, 6.07) is 0.722. The van der Waals surface area contributed by atoms with Crippen molar-refractivity contribution in [1.82, 2.24) is 10.3 Å². The Morgan fingerprint density at radius 3 is 3.21 bits per heavy atom. The van der Waals surface area contributed by atoms with E-state index in [9.17, 15) is 0 Å². The Kier molecular flexibility index (Phi) is 3.84. The summed E-state index contributed by atoms with van der Waals surface area (Å²) in [5.41, 5.74) is 0. The Bertz CT molecular complexity index is 261. The van der Waals surface area contributed by atoms with Gasteiger partial charge in [-0.1, -0.05) is 6.92 Å². The first kappa shape index (κ1) is 10.5. The van der Waals surface area contributed by atoms with Gasteiger partial charge in [0.1, 0.15) is 0 Å². The molecule has 1 aliphatic rings. The van der Waals surface area contributed by atoms with Crippen molar-refractivity contribution in [3.63, 3.8) is 0 Å². The van der Waals surface area contributed by atoms with Gasteiger partial charge in [0.15, 0.2) is 0 Å². The summed E-state index contributed by atoms with van der Waals surface area (Å²) in [5.74, 6) is 1.32. The molecule has 0 saturated carbocycles. The average molecular weight is 228 g/mol. The topological polar surface area (TPSA) is 24.9 Å². The van der Waals surface area contributed by atoms with Crippen LogP contribution in [-0.2, 0) is 6.42 Å². The molecule has 1 aromatic heterocycles. The molecule has 2 rings (SSSR count). The SMILES string of the molecule is CC1SCCC1NCCc1nccs1. The Balaban J connectivity index is 1.68. The van der Waals surface area contributed by atoms with Crippen molar-refractivity contribution in [2.45, 2.75) is 31.1 Å². The zero-order valence-corrected chi connectivity index (χ0v) is 10.0. The van der Waals surface area contributed by atoms with Gasteiger partial charge < -0.3 is 5.32 Å². The van der Waals surface area contributed by atoms with Gasteiger partial charge in [-0.15, -0.1) is 11.3 Å². The predicted molar refractivity (Wildman–Crippen MR) is 64.1 cm³/mol. The quantitative estimate of drug-likeness (QED) is 0.855. The highest BCUT2D eigenvalue weighted by molar-refractivity contribution is 8.00. The fraction of sp³-hybridized carbons (Fsp3) is 0.700. The van der Waals surface area contributed by atoms with Gasteiger partial charge in [-0.05, 0) is 12.2 Å². The van der Waals surface area contributed by atoms with Crippen LogP contribution in [0.5, 0.6) is 0 Å². The van der Waals surface area contributed by atoms with E-state index in [1.54, 1.807) is 11.3 Å². The van der Waals surface area contributed by atoms with E-state index in [2.05, 4.69) is 29.0 Å². The molecule has 0 aliphatic carbocycles. The minimum absolute atomic E-state index is 0.722. The third kappa shape index (κ3) is 2.72. The predicted octanol–water partition coefficient (Wildman–Crippen LogP) is 2.17. The zero-order valence-electron chi connectivity index (χ0n) is 8.40. The van der Waals surface area contributed by atoms with E-state index in [1.807, 2.05) is 11.6 Å². The Labute approximate surface area is 93.5 Å². The van der Waals surface area contributed by atoms with Gasteiger partial charge in [0.05, 0.1) is 5.01 Å². The number of aromatic nitrogens is 1. The fourth-order valence-electron chi connectivity index (χ4n) is 1.74. The van der Waals surface area contributed by atoms with Crippen LogP contribution in [0.3, 0.4) is 0 Å². The Morgan fingerprint density at radius 1 is 1.64 bits per heavy atom. The minimum Gasteiger partial charge on any atom is -0.312 e. The minimum atomic E-state index is 0.722. The highest BCUT2D eigenvalue weighted by atomic mass is 32.2. The monoisotopic (exact) mass is 228 g/mol. The van der Waals surface area contributed by atoms with Crippen LogP contribution < -0.4 is 5.32 Å². The van der Waals surface area contributed by atoms with Crippen LogP contribution in [0.4, 0.5) is 0 Å². The molecule has 1 aromatic rings. The molecule has 0 radical (unpaired) electrons. The van der Waals surface area contributed by atoms with Crippen LogP contribution in [0, 0.1) is 0 Å². The van der Waals surface area contributed by atoms with E-state index in [-0.39, 0.29) is 0 Å². The molecule has 2 atom stereocenters. The molecule has 0 aromatic carbocycles. The maximum absolute atomic E-state index is 4.27. The van der Waals surface area contributed by atoms with Gasteiger partial charge in [0, 0.05) is 35.8 Å². The molecule has 1 saturated heterocycles. The van der Waals surface area contributed by atoms with Gasteiger partial charge in [-0.25, -0.2) is 4.98 Å². The first-order chi connectivity index (χ1) is 6.86. The smallest absolute Gasteiger partial charge is 0.0937 e. The number of hydrogen-bond donors (Lipinski definition) is 1. The van der Waals surface area contributed by atoms with Crippen molar-refractivity contribution < 1.29 is 0 Å². The molecule has 1 aliphatic heterocycles. The Hall–Kier alpha value is -0.0600. The lowest BCUT2D eigenvalue weighted by atomic mass is 10.2. The summed E-state index contributed by atoms with van der Waals surface area (Å²) in [6.45, 7) is 3.39. The van der Waals surface area contributed by atoms with Crippen molar-refractivity contribution in [3.8, 4) is 0 Å². The molecule has 4 heteroatoms. The Morgan fingerprint density at radius 2 is 2.57 bits per heavy atom. The lowest BCUT2D eigenvalue weighted by Crippen LogP contribution is -2.34. The summed E-state index contributed by atoms with van der Waals surface area (Å²) in [5, 5.41) is 7.69. The lowest BCUT2D eigenvalue weighted by molar-refractivity contribution is 0.516. The van der Waals surface area contributed by atoms with E-state index in [1.165, 1.54) is 17.2 Å². The second-order valence-electron chi connectivity index (χ2n) is 3.60. The molecule has 1 N–H and O–H groups in total. The summed E-state index contributed by atoms with van der Waals surface area (Å²) in [4.78, 5) is 4.27. The van der Waals surface area contributed by atoms with Crippen LogP contribution in [0.2, 0.25) is 0 Å². The number of nitrogens with zero attached hydrogens (tertiary/aromatic N) is 1. The van der Waals surface area contributed by atoms with E-state index in [4.69, 9.17) is 0 Å². The van der Waals surface area contributed by atoms with Gasteiger partial charge in [-0.3, -0.25) is 0 Å². The van der Waals surface area contributed by atoms with Gasteiger partial charge in [-0.2, -0.15) is 11.8 Å². The number of rotatable bonds is 4. The fourth-order valence-corrected chi connectivity index (χ4v) is 3.59. The molecule has 14 heavy (non-hydrogen) atoms. The van der Waals surface area contributed by atoms with Crippen LogP contribution in [-0.4, -0.2) is 28.6 Å². The van der Waals surface area contributed by atoms with Crippen LogP contribution >= 0.6 is 23.1 Å². The van der Waals surface area contributed by atoms with Gasteiger partial charge in [0.2, 0.25) is 0 Å². The summed E-state index contributed by atoms with van der Waals surface area (Å²) >= 11 is 3.83. The second kappa shape index (κ2) is 5.14. The molecule has 78 valence electrons. The van der Waals surface area contributed by atoms with Gasteiger partial charge in [0.25, 0.3) is 0 Å². The van der Waals surface area contributed by atoms with E-state index in [0.29, 0.717) is 0 Å². The number of nitrogens with one attached hydrogen (secondary N) is 1. The van der Waals surface area contributed by atoms with Crippen molar-refractivity contribution in [2.75, 3.05) is 12.3 Å². The first-order valence-corrected chi connectivity index (χ1v) is 7.02. The highest BCUT2D eigenvalue weighted by Crippen LogP contribution is 2.25. The number of thiazole rings is 1. The van der Waals surface area contributed by atoms with E-state index in [0.717, 1.165) is 24.3 Å². The molecule has 2 nitrogen and oxygen atoms in total. The summed E-state index contributed by atoms with van der Waals surface area (Å²) in [6.07, 6.45) is 4.28. The van der Waals surface area contributed by atoms with Crippen molar-refractivity contribution in [3.05, 3.63) is 16.6 Å². The average Bonchev–Trinajstić information content (AvgIpc) is 2.78. The van der Waals surface area contributed by atoms with E-state index >= 15 is 0 Å². The second-order valence-corrected chi connectivity index (χ2v) is 6.07. The normalized spacial score (nSPS) is 26.9. The molecular weight excluding hydrogens is 212 g/mol. The van der Waals surface area contributed by atoms with Crippen LogP contribution in [0.1, 0.15) is 18.4 Å². The van der Waals surface area contributed by atoms with Crippen LogP contribution in [0.25, 0.3) is 0 Å². The number of hydrogen-bond acceptors (Lipinski definition) is 4. The summed E-state index contributed by atoms with van der Waals surface area (Å²) < 4.78 is 0. The van der Waals surface area contributed by atoms with Gasteiger partial charge >= 0.3 is 0 Å². The molecule has 1 fully saturated rings. The molecule has 0 bridgehead atoms. The third-order valence-electron chi connectivity index (χ3n) is 2.61. The first-order valence-electron chi connectivity index (χ1n) is 5.09. The maximum Gasteiger partial charge on any atom is 0.0937 e. The maximum atomic E-state index is 4.27. The van der Waals surface area contributed by atoms with Crippen molar-refractivity contribution >= 4 is 23.1 Å². The molecule has 0 spiro atoms. The molecule has 0 amide bonds.